The minimum Gasteiger partial charge on any atom is -0.194 e. The molecule has 0 amide bonds. The lowest BCUT2D eigenvalue weighted by molar-refractivity contribution is 0.636. The standard InChI is InChI=1S/C8H4BrFS2/c9-4-2-1-3-5-6(4)7(11)8(10)12-5/h1-3,11H. The van der Waals surface area contributed by atoms with Crippen molar-refractivity contribution in [1.82, 2.24) is 0 Å². The van der Waals surface area contributed by atoms with Crippen LogP contribution in [0.15, 0.2) is 27.6 Å². The van der Waals surface area contributed by atoms with Gasteiger partial charge in [0.05, 0.1) is 4.90 Å². The third kappa shape index (κ3) is 1.18. The van der Waals surface area contributed by atoms with E-state index >= 15 is 0 Å². The fraction of sp³-hybridized carbons (Fsp3) is 0. The minimum atomic E-state index is -0.222. The van der Waals surface area contributed by atoms with Gasteiger partial charge in [0.2, 0.25) is 0 Å². The second-order valence-electron chi connectivity index (χ2n) is 2.34. The first-order valence-electron chi connectivity index (χ1n) is 3.25. The first-order chi connectivity index (χ1) is 5.70. The fourth-order valence-electron chi connectivity index (χ4n) is 1.06. The Bertz CT molecular complexity index is 436. The summed E-state index contributed by atoms with van der Waals surface area (Å²) < 4.78 is 14.9. The minimum absolute atomic E-state index is 0.222. The molecule has 0 radical (unpaired) electrons. The molecular formula is C8H4BrFS2. The van der Waals surface area contributed by atoms with Crippen LogP contribution in [0, 0.1) is 5.13 Å². The molecule has 1 aromatic heterocycles. The molecule has 12 heavy (non-hydrogen) atoms. The monoisotopic (exact) mass is 262 g/mol. The molecule has 1 heterocycles. The number of hydrogen-bond donors (Lipinski definition) is 1. The molecule has 62 valence electrons. The first-order valence-corrected chi connectivity index (χ1v) is 5.31. The van der Waals surface area contributed by atoms with Crippen LogP contribution in [-0.2, 0) is 0 Å². The van der Waals surface area contributed by atoms with Crippen molar-refractivity contribution in [2.45, 2.75) is 4.90 Å². The molecule has 0 bridgehead atoms. The topological polar surface area (TPSA) is 0 Å². The second kappa shape index (κ2) is 3.01. The number of fused-ring (bicyclic) bond motifs is 1. The zero-order chi connectivity index (χ0) is 8.72. The summed E-state index contributed by atoms with van der Waals surface area (Å²) in [6.07, 6.45) is 0. The summed E-state index contributed by atoms with van der Waals surface area (Å²) in [6, 6.07) is 5.65. The predicted octanol–water partition coefficient (Wildman–Crippen LogP) is 4.09. The molecule has 2 rings (SSSR count). The highest BCUT2D eigenvalue weighted by Gasteiger charge is 2.10. The van der Waals surface area contributed by atoms with Gasteiger partial charge in [0, 0.05) is 14.6 Å². The quantitative estimate of drug-likeness (QED) is 0.680. The Labute approximate surface area is 86.9 Å². The summed E-state index contributed by atoms with van der Waals surface area (Å²) in [5, 5.41) is 0.642. The average Bonchev–Trinajstić information content (AvgIpc) is 2.29. The van der Waals surface area contributed by atoms with Gasteiger partial charge in [-0.05, 0) is 12.1 Å². The van der Waals surface area contributed by atoms with Gasteiger partial charge < -0.3 is 0 Å². The maximum Gasteiger partial charge on any atom is 0.190 e. The molecule has 0 aliphatic rings. The lowest BCUT2D eigenvalue weighted by Gasteiger charge is -1.92. The molecule has 0 N–H and O–H groups in total. The molecule has 4 heteroatoms. The van der Waals surface area contributed by atoms with E-state index in [-0.39, 0.29) is 5.13 Å². The van der Waals surface area contributed by atoms with Crippen LogP contribution in [0.4, 0.5) is 4.39 Å². The van der Waals surface area contributed by atoms with Crippen LogP contribution >= 0.6 is 39.9 Å². The van der Waals surface area contributed by atoms with E-state index in [0.29, 0.717) is 4.90 Å². The number of rotatable bonds is 0. The highest BCUT2D eigenvalue weighted by atomic mass is 79.9. The molecule has 0 saturated carbocycles. The Morgan fingerprint density at radius 3 is 2.83 bits per heavy atom. The maximum atomic E-state index is 13.0. The van der Waals surface area contributed by atoms with Crippen LogP contribution in [0.3, 0.4) is 0 Å². The van der Waals surface area contributed by atoms with Crippen molar-refractivity contribution in [1.29, 1.82) is 0 Å². The van der Waals surface area contributed by atoms with Gasteiger partial charge in [-0.25, -0.2) is 0 Å². The summed E-state index contributed by atoms with van der Waals surface area (Å²) in [5.41, 5.74) is 0. The van der Waals surface area contributed by atoms with E-state index in [9.17, 15) is 4.39 Å². The van der Waals surface area contributed by atoms with Crippen molar-refractivity contribution < 1.29 is 4.39 Å². The molecule has 0 aliphatic carbocycles. The largest absolute Gasteiger partial charge is 0.194 e. The molecular weight excluding hydrogens is 259 g/mol. The third-order valence-electron chi connectivity index (χ3n) is 1.60. The Hall–Kier alpha value is -0.0600. The van der Waals surface area contributed by atoms with Crippen molar-refractivity contribution in [2.75, 3.05) is 0 Å². The van der Waals surface area contributed by atoms with Gasteiger partial charge in [-0.3, -0.25) is 0 Å². The van der Waals surface area contributed by atoms with Crippen molar-refractivity contribution >= 4 is 50.0 Å². The van der Waals surface area contributed by atoms with Gasteiger partial charge >= 0.3 is 0 Å². The Kier molecular flexibility index (Phi) is 2.14. The Morgan fingerprint density at radius 1 is 1.42 bits per heavy atom. The molecule has 0 atom stereocenters. The van der Waals surface area contributed by atoms with E-state index in [0.717, 1.165) is 25.9 Å². The zero-order valence-electron chi connectivity index (χ0n) is 5.84. The van der Waals surface area contributed by atoms with E-state index in [2.05, 4.69) is 28.6 Å². The summed E-state index contributed by atoms with van der Waals surface area (Å²) in [7, 11) is 0. The van der Waals surface area contributed by atoms with Gasteiger partial charge in [-0.2, -0.15) is 4.39 Å². The number of thiol groups is 1. The highest BCUT2D eigenvalue weighted by molar-refractivity contribution is 9.10. The van der Waals surface area contributed by atoms with E-state index in [1.54, 1.807) is 0 Å². The lowest BCUT2D eigenvalue weighted by Crippen LogP contribution is -1.68. The van der Waals surface area contributed by atoms with E-state index < -0.39 is 0 Å². The Morgan fingerprint density at radius 2 is 2.17 bits per heavy atom. The van der Waals surface area contributed by atoms with Crippen LogP contribution in [0.1, 0.15) is 0 Å². The van der Waals surface area contributed by atoms with Crippen molar-refractivity contribution in [3.05, 3.63) is 27.8 Å². The molecule has 1 aromatic carbocycles. The molecule has 0 fully saturated rings. The number of thiophene rings is 1. The lowest BCUT2D eigenvalue weighted by atomic mass is 10.3. The zero-order valence-corrected chi connectivity index (χ0v) is 9.14. The highest BCUT2D eigenvalue weighted by Crippen LogP contribution is 2.36. The van der Waals surface area contributed by atoms with Gasteiger partial charge in [0.15, 0.2) is 5.13 Å². The van der Waals surface area contributed by atoms with Gasteiger partial charge in [-0.15, -0.1) is 24.0 Å². The number of hydrogen-bond acceptors (Lipinski definition) is 2. The van der Waals surface area contributed by atoms with Crippen LogP contribution in [0.2, 0.25) is 0 Å². The molecule has 0 aliphatic heterocycles. The van der Waals surface area contributed by atoms with Gasteiger partial charge in [-0.1, -0.05) is 22.0 Å². The molecule has 0 spiro atoms. The first kappa shape index (κ1) is 8.53. The van der Waals surface area contributed by atoms with Crippen LogP contribution in [0.25, 0.3) is 10.1 Å². The number of benzene rings is 1. The predicted molar refractivity (Wildman–Crippen MR) is 56.7 cm³/mol. The van der Waals surface area contributed by atoms with Crippen molar-refractivity contribution in [3.63, 3.8) is 0 Å². The van der Waals surface area contributed by atoms with Crippen LogP contribution in [0.5, 0.6) is 0 Å². The SMILES string of the molecule is Fc1sc2cccc(Br)c2c1S. The normalized spacial score (nSPS) is 10.9. The molecule has 2 aromatic rings. The fourth-order valence-corrected chi connectivity index (χ4v) is 3.22. The van der Waals surface area contributed by atoms with E-state index in [1.165, 1.54) is 0 Å². The molecule has 0 unspecified atom stereocenters. The van der Waals surface area contributed by atoms with Crippen molar-refractivity contribution in [2.24, 2.45) is 0 Å². The third-order valence-corrected chi connectivity index (χ3v) is 3.77. The summed E-state index contributed by atoms with van der Waals surface area (Å²) in [6.45, 7) is 0. The summed E-state index contributed by atoms with van der Waals surface area (Å²) >= 11 is 8.56. The maximum absolute atomic E-state index is 13.0. The smallest absolute Gasteiger partial charge is 0.190 e. The molecule has 0 nitrogen and oxygen atoms in total. The van der Waals surface area contributed by atoms with Gasteiger partial charge in [0.25, 0.3) is 0 Å². The Balaban J connectivity index is 2.97. The second-order valence-corrected chi connectivity index (χ2v) is 4.64. The van der Waals surface area contributed by atoms with E-state index in [1.807, 2.05) is 18.2 Å². The summed E-state index contributed by atoms with van der Waals surface area (Å²) in [4.78, 5) is 0.433. The average molecular weight is 263 g/mol. The van der Waals surface area contributed by atoms with Crippen molar-refractivity contribution in [3.8, 4) is 0 Å². The van der Waals surface area contributed by atoms with Crippen LogP contribution < -0.4 is 0 Å². The van der Waals surface area contributed by atoms with Crippen LogP contribution in [-0.4, -0.2) is 0 Å². The van der Waals surface area contributed by atoms with Gasteiger partial charge in [0.1, 0.15) is 0 Å². The number of halogens is 2. The summed E-state index contributed by atoms with van der Waals surface area (Å²) in [5.74, 6) is 0. The molecule has 0 saturated heterocycles. The van der Waals surface area contributed by atoms with E-state index in [4.69, 9.17) is 0 Å².